The molecular weight excluding hydrogens is 422 g/mol. The van der Waals surface area contributed by atoms with Gasteiger partial charge in [-0.25, -0.2) is 4.79 Å². The Labute approximate surface area is 191 Å². The van der Waals surface area contributed by atoms with Crippen LogP contribution in [-0.2, 0) is 40.3 Å². The van der Waals surface area contributed by atoms with Crippen LogP contribution in [0.15, 0.2) is 42.5 Å². The molecule has 1 fully saturated rings. The number of carbonyl (C=O) groups is 4. The number of hydrogen-bond donors (Lipinski definition) is 2. The van der Waals surface area contributed by atoms with Crippen LogP contribution in [0.5, 0.6) is 0 Å². The molecular formula is C25H25N3O5. The number of rotatable bonds is 4. The van der Waals surface area contributed by atoms with Crippen molar-refractivity contribution in [3.8, 4) is 0 Å². The Morgan fingerprint density at radius 1 is 1.03 bits per heavy atom. The average molecular weight is 447 g/mol. The first-order chi connectivity index (χ1) is 16.0. The van der Waals surface area contributed by atoms with Crippen molar-refractivity contribution in [1.29, 1.82) is 0 Å². The number of imide groups is 1. The molecule has 1 aliphatic carbocycles. The Morgan fingerprint density at radius 2 is 1.85 bits per heavy atom. The van der Waals surface area contributed by atoms with Crippen LogP contribution in [0.1, 0.15) is 51.9 Å². The lowest BCUT2D eigenvalue weighted by Crippen LogP contribution is -2.52. The maximum absolute atomic E-state index is 12.9. The van der Waals surface area contributed by atoms with Crippen LogP contribution in [0.4, 0.5) is 4.79 Å². The highest BCUT2D eigenvalue weighted by atomic mass is 16.6. The smallest absolute Gasteiger partial charge is 0.407 e. The van der Waals surface area contributed by atoms with Crippen molar-refractivity contribution in [1.82, 2.24) is 15.5 Å². The van der Waals surface area contributed by atoms with Gasteiger partial charge in [0, 0.05) is 31.5 Å². The zero-order chi connectivity index (χ0) is 22.9. The topological polar surface area (TPSA) is 105 Å². The number of hydrogen-bond acceptors (Lipinski definition) is 5. The Balaban J connectivity index is 1.17. The van der Waals surface area contributed by atoms with Gasteiger partial charge in [-0.2, -0.15) is 0 Å². The Bertz CT molecular complexity index is 1140. The predicted octanol–water partition coefficient (Wildman–Crippen LogP) is 2.23. The van der Waals surface area contributed by atoms with E-state index in [-0.39, 0.29) is 30.9 Å². The van der Waals surface area contributed by atoms with E-state index in [4.69, 9.17) is 4.74 Å². The van der Waals surface area contributed by atoms with E-state index in [0.717, 1.165) is 24.0 Å². The fraction of sp³-hybridized carbons (Fsp3) is 0.360. The quantitative estimate of drug-likeness (QED) is 0.700. The molecule has 0 saturated carbocycles. The summed E-state index contributed by atoms with van der Waals surface area (Å²) in [6.07, 6.45) is 2.34. The van der Waals surface area contributed by atoms with Gasteiger partial charge in [-0.15, -0.1) is 0 Å². The summed E-state index contributed by atoms with van der Waals surface area (Å²) in [6.45, 7) is 0.570. The van der Waals surface area contributed by atoms with Crippen LogP contribution >= 0.6 is 0 Å². The first-order valence-electron chi connectivity index (χ1n) is 11.3. The summed E-state index contributed by atoms with van der Waals surface area (Å²) in [6, 6.07) is 13.0. The van der Waals surface area contributed by atoms with E-state index in [1.165, 1.54) is 16.0 Å². The van der Waals surface area contributed by atoms with Crippen LogP contribution in [0.2, 0.25) is 0 Å². The highest BCUT2D eigenvalue weighted by Crippen LogP contribution is 2.28. The zero-order valence-corrected chi connectivity index (χ0v) is 18.1. The van der Waals surface area contributed by atoms with Crippen molar-refractivity contribution in [3.05, 3.63) is 70.3 Å². The molecule has 3 aliphatic rings. The van der Waals surface area contributed by atoms with Crippen LogP contribution in [0, 0.1) is 0 Å². The van der Waals surface area contributed by atoms with Gasteiger partial charge in [0.15, 0.2) is 0 Å². The zero-order valence-electron chi connectivity index (χ0n) is 18.1. The average Bonchev–Trinajstić information content (AvgIpc) is 3.13. The summed E-state index contributed by atoms with van der Waals surface area (Å²) in [5.74, 6) is -0.967. The van der Waals surface area contributed by atoms with Crippen molar-refractivity contribution in [2.24, 2.45) is 0 Å². The molecule has 4 amide bonds. The molecule has 5 rings (SSSR count). The summed E-state index contributed by atoms with van der Waals surface area (Å²) in [5, 5.41) is 5.08. The van der Waals surface area contributed by atoms with Crippen molar-refractivity contribution < 1.29 is 23.9 Å². The molecule has 170 valence electrons. The monoisotopic (exact) mass is 447 g/mol. The van der Waals surface area contributed by atoms with Gasteiger partial charge >= 0.3 is 6.09 Å². The summed E-state index contributed by atoms with van der Waals surface area (Å²) in [4.78, 5) is 50.4. The van der Waals surface area contributed by atoms with Gasteiger partial charge in [0.05, 0.1) is 0 Å². The number of amides is 4. The van der Waals surface area contributed by atoms with Gasteiger partial charge in [-0.1, -0.05) is 36.4 Å². The Hall–Kier alpha value is -3.68. The van der Waals surface area contributed by atoms with Gasteiger partial charge in [0.1, 0.15) is 12.1 Å². The molecule has 8 heteroatoms. The maximum atomic E-state index is 12.9. The second-order valence-corrected chi connectivity index (χ2v) is 8.78. The predicted molar refractivity (Wildman–Crippen MR) is 118 cm³/mol. The number of piperidine rings is 1. The minimum atomic E-state index is -0.639. The molecule has 8 nitrogen and oxygen atoms in total. The van der Waals surface area contributed by atoms with E-state index in [0.29, 0.717) is 24.9 Å². The van der Waals surface area contributed by atoms with E-state index in [1.54, 1.807) is 6.07 Å². The number of alkyl carbamates (subject to hydrolysis) is 1. The van der Waals surface area contributed by atoms with E-state index < -0.39 is 18.0 Å². The number of ether oxygens (including phenoxy) is 1. The standard InChI is InChI=1S/C25H25N3O5/c29-22-10-9-21(23(30)27-22)28-14-18-6-5-15(11-20(18)24(28)31)13-26-25(32)33-19-8-7-16-3-1-2-4-17(16)12-19/h1-6,11,19,21H,7-10,12-14H2,(H,26,32)(H,27,29,30). The third kappa shape index (κ3) is 4.33. The fourth-order valence-electron chi connectivity index (χ4n) is 4.84. The van der Waals surface area contributed by atoms with E-state index in [1.807, 2.05) is 24.3 Å². The largest absolute Gasteiger partial charge is 0.446 e. The molecule has 33 heavy (non-hydrogen) atoms. The first-order valence-corrected chi connectivity index (χ1v) is 11.3. The molecule has 2 atom stereocenters. The van der Waals surface area contributed by atoms with E-state index >= 15 is 0 Å². The molecule has 0 radical (unpaired) electrons. The molecule has 2 aromatic carbocycles. The number of benzene rings is 2. The molecule has 2 aliphatic heterocycles. The number of fused-ring (bicyclic) bond motifs is 2. The second-order valence-electron chi connectivity index (χ2n) is 8.78. The van der Waals surface area contributed by atoms with Crippen molar-refractivity contribution in [2.75, 3.05) is 0 Å². The van der Waals surface area contributed by atoms with Crippen molar-refractivity contribution in [3.63, 3.8) is 0 Å². The molecule has 0 aromatic heterocycles. The molecule has 2 N–H and O–H groups in total. The SMILES string of the molecule is O=C1CCC(N2Cc3ccc(CNC(=O)OC4CCc5ccccc5C4)cc3C2=O)C(=O)N1. The van der Waals surface area contributed by atoms with Crippen LogP contribution in [-0.4, -0.2) is 40.9 Å². The Kier molecular flexibility index (Phi) is 5.58. The van der Waals surface area contributed by atoms with Crippen LogP contribution < -0.4 is 10.6 Å². The number of nitrogens with one attached hydrogen (secondary N) is 2. The highest BCUT2D eigenvalue weighted by Gasteiger charge is 2.39. The van der Waals surface area contributed by atoms with E-state index in [9.17, 15) is 19.2 Å². The first kappa shape index (κ1) is 21.2. The lowest BCUT2D eigenvalue weighted by Gasteiger charge is -2.29. The lowest BCUT2D eigenvalue weighted by molar-refractivity contribution is -0.136. The lowest BCUT2D eigenvalue weighted by atomic mass is 9.90. The third-order valence-corrected chi connectivity index (χ3v) is 6.60. The van der Waals surface area contributed by atoms with Gasteiger partial charge in [-0.3, -0.25) is 19.7 Å². The summed E-state index contributed by atoms with van der Waals surface area (Å²) in [7, 11) is 0. The molecule has 2 aromatic rings. The third-order valence-electron chi connectivity index (χ3n) is 6.60. The van der Waals surface area contributed by atoms with Gasteiger partial charge in [0.2, 0.25) is 11.8 Å². The van der Waals surface area contributed by atoms with Gasteiger partial charge in [-0.05, 0) is 47.6 Å². The Morgan fingerprint density at radius 3 is 2.67 bits per heavy atom. The number of carbonyl (C=O) groups excluding carboxylic acids is 4. The minimum absolute atomic E-state index is 0.149. The number of aryl methyl sites for hydroxylation is 1. The molecule has 2 heterocycles. The molecule has 2 unspecified atom stereocenters. The summed E-state index contributed by atoms with van der Waals surface area (Å²) >= 11 is 0. The molecule has 0 bridgehead atoms. The van der Waals surface area contributed by atoms with Gasteiger partial charge < -0.3 is 15.0 Å². The van der Waals surface area contributed by atoms with Crippen LogP contribution in [0.3, 0.4) is 0 Å². The number of nitrogens with zero attached hydrogens (tertiary/aromatic N) is 1. The van der Waals surface area contributed by atoms with E-state index in [2.05, 4.69) is 22.8 Å². The van der Waals surface area contributed by atoms with Crippen molar-refractivity contribution in [2.45, 2.75) is 57.3 Å². The maximum Gasteiger partial charge on any atom is 0.407 e. The highest BCUT2D eigenvalue weighted by molar-refractivity contribution is 6.05. The van der Waals surface area contributed by atoms with Gasteiger partial charge in [0.25, 0.3) is 5.91 Å². The molecule has 0 spiro atoms. The molecule has 1 saturated heterocycles. The fourth-order valence-corrected chi connectivity index (χ4v) is 4.84. The second kappa shape index (κ2) is 8.69. The summed E-state index contributed by atoms with van der Waals surface area (Å²) in [5.41, 5.74) is 4.66. The normalized spacial score (nSPS) is 21.8. The van der Waals surface area contributed by atoms with Crippen LogP contribution in [0.25, 0.3) is 0 Å². The summed E-state index contributed by atoms with van der Waals surface area (Å²) < 4.78 is 5.60. The van der Waals surface area contributed by atoms with Crippen molar-refractivity contribution >= 4 is 23.8 Å². The minimum Gasteiger partial charge on any atom is -0.446 e.